The molecule has 0 aromatic heterocycles. The highest BCUT2D eigenvalue weighted by Crippen LogP contribution is 2.38. The van der Waals surface area contributed by atoms with Gasteiger partial charge in [-0.05, 0) is 30.7 Å². The molecule has 26 heavy (non-hydrogen) atoms. The number of anilines is 1. The van der Waals surface area contributed by atoms with Gasteiger partial charge in [-0.3, -0.25) is 9.59 Å². The fourth-order valence-corrected chi connectivity index (χ4v) is 3.23. The summed E-state index contributed by atoms with van der Waals surface area (Å²) in [5, 5.41) is 2.76. The lowest BCUT2D eigenvalue weighted by Crippen LogP contribution is -2.36. The van der Waals surface area contributed by atoms with Crippen molar-refractivity contribution in [1.29, 1.82) is 0 Å². The predicted molar refractivity (Wildman–Crippen MR) is 98.5 cm³/mol. The van der Waals surface area contributed by atoms with E-state index < -0.39 is 6.04 Å². The van der Waals surface area contributed by atoms with E-state index in [1.165, 1.54) is 6.92 Å². The van der Waals surface area contributed by atoms with Crippen molar-refractivity contribution in [3.63, 3.8) is 0 Å². The third-order valence-corrected chi connectivity index (χ3v) is 4.43. The van der Waals surface area contributed by atoms with Crippen LogP contribution in [-0.2, 0) is 16.1 Å². The van der Waals surface area contributed by atoms with Crippen molar-refractivity contribution in [2.45, 2.75) is 26.4 Å². The number of methoxy groups -OCH3 is 2. The average Bonchev–Trinajstić information content (AvgIpc) is 2.86. The molecule has 6 heteroatoms. The number of hydrogen-bond acceptors (Lipinski definition) is 4. The molecule has 1 atom stereocenters. The molecule has 0 spiro atoms. The number of ether oxygens (including phenoxy) is 2. The lowest BCUT2D eigenvalue weighted by atomic mass is 10.1. The van der Waals surface area contributed by atoms with Gasteiger partial charge in [0.1, 0.15) is 6.04 Å². The quantitative estimate of drug-likeness (QED) is 0.896. The Kier molecular flexibility index (Phi) is 4.84. The van der Waals surface area contributed by atoms with Gasteiger partial charge >= 0.3 is 0 Å². The summed E-state index contributed by atoms with van der Waals surface area (Å²) >= 11 is 0. The molecule has 136 valence electrons. The number of benzene rings is 2. The first-order valence-corrected chi connectivity index (χ1v) is 8.34. The Balaban J connectivity index is 1.96. The van der Waals surface area contributed by atoms with E-state index in [0.29, 0.717) is 18.0 Å². The summed E-state index contributed by atoms with van der Waals surface area (Å²) in [6.07, 6.45) is 0. The molecule has 1 N–H and O–H groups in total. The fraction of sp³-hybridized carbons (Fsp3) is 0.300. The van der Waals surface area contributed by atoms with Crippen molar-refractivity contribution in [2.24, 2.45) is 0 Å². The van der Waals surface area contributed by atoms with Gasteiger partial charge in [0.25, 0.3) is 5.91 Å². The van der Waals surface area contributed by atoms with E-state index in [-0.39, 0.29) is 11.8 Å². The maximum atomic E-state index is 12.9. The SMILES string of the molecule is COc1ccc(CN2C(=O)[C@H](NC(C)=O)c3cc(C)ccc32)cc1OC. The third kappa shape index (κ3) is 3.22. The van der Waals surface area contributed by atoms with Gasteiger partial charge in [-0.15, -0.1) is 0 Å². The lowest BCUT2D eigenvalue weighted by molar-refractivity contribution is -0.126. The topological polar surface area (TPSA) is 67.9 Å². The number of carbonyl (C=O) groups is 2. The second-order valence-corrected chi connectivity index (χ2v) is 6.31. The molecule has 1 aliphatic rings. The zero-order chi connectivity index (χ0) is 18.8. The summed E-state index contributed by atoms with van der Waals surface area (Å²) in [5.41, 5.74) is 3.59. The summed E-state index contributed by atoms with van der Waals surface area (Å²) < 4.78 is 10.6. The highest BCUT2D eigenvalue weighted by atomic mass is 16.5. The number of nitrogens with one attached hydrogen (secondary N) is 1. The van der Waals surface area contributed by atoms with E-state index in [0.717, 1.165) is 22.4 Å². The maximum absolute atomic E-state index is 12.9. The highest BCUT2D eigenvalue weighted by molar-refractivity contribution is 6.06. The van der Waals surface area contributed by atoms with Crippen LogP contribution in [0.1, 0.15) is 29.7 Å². The zero-order valence-corrected chi connectivity index (χ0v) is 15.3. The average molecular weight is 354 g/mol. The maximum Gasteiger partial charge on any atom is 0.254 e. The van der Waals surface area contributed by atoms with Crippen LogP contribution in [0.2, 0.25) is 0 Å². The first kappa shape index (κ1) is 17.8. The van der Waals surface area contributed by atoms with Crippen molar-refractivity contribution in [3.05, 3.63) is 53.1 Å². The fourth-order valence-electron chi connectivity index (χ4n) is 3.23. The summed E-state index contributed by atoms with van der Waals surface area (Å²) in [5.74, 6) is 0.870. The second-order valence-electron chi connectivity index (χ2n) is 6.31. The van der Waals surface area contributed by atoms with E-state index in [2.05, 4.69) is 5.32 Å². The van der Waals surface area contributed by atoms with Crippen LogP contribution in [0.15, 0.2) is 36.4 Å². The monoisotopic (exact) mass is 354 g/mol. The van der Waals surface area contributed by atoms with Crippen molar-refractivity contribution < 1.29 is 19.1 Å². The highest BCUT2D eigenvalue weighted by Gasteiger charge is 2.37. The Morgan fingerprint density at radius 1 is 1.12 bits per heavy atom. The lowest BCUT2D eigenvalue weighted by Gasteiger charge is -2.19. The Bertz CT molecular complexity index is 863. The predicted octanol–water partition coefficient (Wildman–Crippen LogP) is 2.74. The Labute approximate surface area is 152 Å². The minimum Gasteiger partial charge on any atom is -0.493 e. The van der Waals surface area contributed by atoms with Gasteiger partial charge in [0, 0.05) is 18.2 Å². The molecule has 0 unspecified atom stereocenters. The van der Waals surface area contributed by atoms with Gasteiger partial charge in [-0.2, -0.15) is 0 Å². The van der Waals surface area contributed by atoms with Crippen LogP contribution in [0.4, 0.5) is 5.69 Å². The van der Waals surface area contributed by atoms with Crippen molar-refractivity contribution in [3.8, 4) is 11.5 Å². The minimum atomic E-state index is -0.650. The molecule has 0 bridgehead atoms. The van der Waals surface area contributed by atoms with Crippen LogP contribution in [0.5, 0.6) is 11.5 Å². The molecule has 6 nitrogen and oxygen atoms in total. The number of fused-ring (bicyclic) bond motifs is 1. The van der Waals surface area contributed by atoms with Crippen molar-refractivity contribution in [1.82, 2.24) is 5.32 Å². The summed E-state index contributed by atoms with van der Waals surface area (Å²) in [6.45, 7) is 3.76. The van der Waals surface area contributed by atoms with Crippen LogP contribution < -0.4 is 19.7 Å². The number of hydrogen-bond donors (Lipinski definition) is 1. The van der Waals surface area contributed by atoms with Gasteiger partial charge in [0.2, 0.25) is 5.91 Å². The normalized spacial score (nSPS) is 15.6. The molecule has 1 heterocycles. The van der Waals surface area contributed by atoms with Crippen LogP contribution >= 0.6 is 0 Å². The van der Waals surface area contributed by atoms with Gasteiger partial charge in [-0.1, -0.05) is 23.8 Å². The molecule has 0 radical (unpaired) electrons. The molecule has 0 aliphatic carbocycles. The molecule has 0 saturated heterocycles. The second kappa shape index (κ2) is 7.07. The van der Waals surface area contributed by atoms with E-state index in [1.807, 2.05) is 43.3 Å². The van der Waals surface area contributed by atoms with E-state index in [1.54, 1.807) is 19.1 Å². The summed E-state index contributed by atoms with van der Waals surface area (Å²) in [4.78, 5) is 26.2. The van der Waals surface area contributed by atoms with Gasteiger partial charge in [0.05, 0.1) is 20.8 Å². The van der Waals surface area contributed by atoms with Crippen LogP contribution in [0, 0.1) is 6.92 Å². The number of amides is 2. The van der Waals surface area contributed by atoms with Crippen molar-refractivity contribution >= 4 is 17.5 Å². The molecule has 0 saturated carbocycles. The number of rotatable bonds is 5. The van der Waals surface area contributed by atoms with Crippen LogP contribution in [-0.4, -0.2) is 26.0 Å². The van der Waals surface area contributed by atoms with E-state index in [9.17, 15) is 9.59 Å². The molecular formula is C20H22N2O4. The number of aryl methyl sites for hydroxylation is 1. The number of nitrogens with zero attached hydrogens (tertiary/aromatic N) is 1. The number of carbonyl (C=O) groups excluding carboxylic acids is 2. The van der Waals surface area contributed by atoms with Gasteiger partial charge < -0.3 is 19.7 Å². The van der Waals surface area contributed by atoms with Crippen molar-refractivity contribution in [2.75, 3.05) is 19.1 Å². The molecule has 2 amide bonds. The largest absolute Gasteiger partial charge is 0.493 e. The molecule has 1 aliphatic heterocycles. The summed E-state index contributed by atoms with van der Waals surface area (Å²) in [6, 6.07) is 10.7. The Morgan fingerprint density at radius 2 is 1.85 bits per heavy atom. The molecule has 2 aromatic carbocycles. The van der Waals surface area contributed by atoms with Gasteiger partial charge in [0.15, 0.2) is 11.5 Å². The first-order valence-electron chi connectivity index (χ1n) is 8.34. The minimum absolute atomic E-state index is 0.143. The standard InChI is InChI=1S/C20H22N2O4/c1-12-5-7-16-15(9-12)19(21-13(2)23)20(24)22(16)11-14-6-8-17(25-3)18(10-14)26-4/h5-10,19H,11H2,1-4H3,(H,21,23)/t19-/m1/s1. The first-order chi connectivity index (χ1) is 12.4. The van der Waals surface area contributed by atoms with E-state index in [4.69, 9.17) is 9.47 Å². The Hall–Kier alpha value is -3.02. The van der Waals surface area contributed by atoms with E-state index >= 15 is 0 Å². The molecular weight excluding hydrogens is 332 g/mol. The molecule has 3 rings (SSSR count). The van der Waals surface area contributed by atoms with Gasteiger partial charge in [-0.25, -0.2) is 0 Å². The smallest absolute Gasteiger partial charge is 0.254 e. The molecule has 0 fully saturated rings. The Morgan fingerprint density at radius 3 is 2.50 bits per heavy atom. The van der Waals surface area contributed by atoms with Crippen LogP contribution in [0.25, 0.3) is 0 Å². The third-order valence-electron chi connectivity index (χ3n) is 4.43. The summed E-state index contributed by atoms with van der Waals surface area (Å²) in [7, 11) is 3.16. The zero-order valence-electron chi connectivity index (χ0n) is 15.3. The molecule has 2 aromatic rings. The van der Waals surface area contributed by atoms with Crippen LogP contribution in [0.3, 0.4) is 0 Å².